The van der Waals surface area contributed by atoms with E-state index in [1.807, 2.05) is 6.07 Å². The number of aromatic nitrogens is 1. The SMILES string of the molecule is CCCCNc1cc(N)nc(Cc2ccc(CN)cc2)c1. The van der Waals surface area contributed by atoms with Gasteiger partial charge in [-0.15, -0.1) is 0 Å². The van der Waals surface area contributed by atoms with Crippen molar-refractivity contribution in [1.82, 2.24) is 4.98 Å². The molecule has 112 valence electrons. The van der Waals surface area contributed by atoms with Gasteiger partial charge in [-0.25, -0.2) is 4.98 Å². The summed E-state index contributed by atoms with van der Waals surface area (Å²) in [6.45, 7) is 3.71. The molecule has 4 nitrogen and oxygen atoms in total. The molecule has 2 rings (SSSR count). The summed E-state index contributed by atoms with van der Waals surface area (Å²) in [5.41, 5.74) is 15.9. The van der Waals surface area contributed by atoms with Gasteiger partial charge >= 0.3 is 0 Å². The lowest BCUT2D eigenvalue weighted by atomic mass is 10.1. The van der Waals surface area contributed by atoms with Gasteiger partial charge in [0.2, 0.25) is 0 Å². The van der Waals surface area contributed by atoms with Gasteiger partial charge in [-0.3, -0.25) is 0 Å². The number of benzene rings is 1. The highest BCUT2D eigenvalue weighted by Gasteiger charge is 2.03. The Labute approximate surface area is 126 Å². The fourth-order valence-corrected chi connectivity index (χ4v) is 2.22. The van der Waals surface area contributed by atoms with E-state index in [9.17, 15) is 0 Å². The van der Waals surface area contributed by atoms with Gasteiger partial charge in [0.25, 0.3) is 0 Å². The van der Waals surface area contributed by atoms with Crippen LogP contribution in [-0.2, 0) is 13.0 Å². The van der Waals surface area contributed by atoms with Gasteiger partial charge in [0.15, 0.2) is 0 Å². The quantitative estimate of drug-likeness (QED) is 0.683. The Hall–Kier alpha value is -2.07. The van der Waals surface area contributed by atoms with E-state index >= 15 is 0 Å². The van der Waals surface area contributed by atoms with Crippen molar-refractivity contribution >= 4 is 11.5 Å². The lowest BCUT2D eigenvalue weighted by molar-refractivity contribution is 0.834. The third kappa shape index (κ3) is 4.76. The van der Waals surface area contributed by atoms with E-state index in [1.165, 1.54) is 12.0 Å². The molecule has 0 saturated heterocycles. The highest BCUT2D eigenvalue weighted by Crippen LogP contribution is 2.16. The predicted octanol–water partition coefficient (Wildman–Crippen LogP) is 2.93. The van der Waals surface area contributed by atoms with Crippen LogP contribution in [0, 0.1) is 0 Å². The molecule has 0 unspecified atom stereocenters. The largest absolute Gasteiger partial charge is 0.385 e. The number of rotatable bonds is 7. The first-order valence-corrected chi connectivity index (χ1v) is 7.49. The number of anilines is 2. The summed E-state index contributed by atoms with van der Waals surface area (Å²) >= 11 is 0. The van der Waals surface area contributed by atoms with E-state index in [0.29, 0.717) is 12.4 Å². The van der Waals surface area contributed by atoms with Crippen molar-refractivity contribution in [2.75, 3.05) is 17.6 Å². The van der Waals surface area contributed by atoms with E-state index in [1.54, 1.807) is 0 Å². The third-order valence-electron chi connectivity index (χ3n) is 3.40. The van der Waals surface area contributed by atoms with Crippen LogP contribution in [0.15, 0.2) is 36.4 Å². The fraction of sp³-hybridized carbons (Fsp3) is 0.353. The third-order valence-corrected chi connectivity index (χ3v) is 3.40. The van der Waals surface area contributed by atoms with Gasteiger partial charge in [-0.05, 0) is 23.6 Å². The molecule has 0 atom stereocenters. The Kier molecular flexibility index (Phi) is 5.58. The van der Waals surface area contributed by atoms with Crippen molar-refractivity contribution < 1.29 is 0 Å². The minimum atomic E-state index is 0.560. The molecule has 2 aromatic rings. The molecule has 0 aliphatic carbocycles. The van der Waals surface area contributed by atoms with Crippen molar-refractivity contribution in [2.24, 2.45) is 5.73 Å². The molecule has 5 N–H and O–H groups in total. The number of nitrogens with zero attached hydrogens (tertiary/aromatic N) is 1. The lowest BCUT2D eigenvalue weighted by Gasteiger charge is -2.09. The maximum Gasteiger partial charge on any atom is 0.125 e. The molecule has 0 fully saturated rings. The molecule has 0 radical (unpaired) electrons. The number of unbranched alkanes of at least 4 members (excludes halogenated alkanes) is 1. The van der Waals surface area contributed by atoms with Crippen LogP contribution >= 0.6 is 0 Å². The zero-order valence-electron chi connectivity index (χ0n) is 12.6. The Balaban J connectivity index is 2.07. The van der Waals surface area contributed by atoms with Crippen LogP contribution in [0.4, 0.5) is 11.5 Å². The maximum absolute atomic E-state index is 5.90. The van der Waals surface area contributed by atoms with Gasteiger partial charge in [0.05, 0.1) is 0 Å². The van der Waals surface area contributed by atoms with Crippen LogP contribution in [0.25, 0.3) is 0 Å². The van der Waals surface area contributed by atoms with Gasteiger partial charge in [0.1, 0.15) is 5.82 Å². The number of nitrogen functional groups attached to an aromatic ring is 1. The summed E-state index contributed by atoms with van der Waals surface area (Å²) < 4.78 is 0. The lowest BCUT2D eigenvalue weighted by Crippen LogP contribution is -2.04. The second-order valence-corrected chi connectivity index (χ2v) is 5.25. The Morgan fingerprint density at radius 3 is 2.48 bits per heavy atom. The summed E-state index contributed by atoms with van der Waals surface area (Å²) in [4.78, 5) is 4.41. The molecule has 1 heterocycles. The smallest absolute Gasteiger partial charge is 0.125 e. The zero-order chi connectivity index (χ0) is 15.1. The van der Waals surface area contributed by atoms with Crippen LogP contribution in [-0.4, -0.2) is 11.5 Å². The molecule has 21 heavy (non-hydrogen) atoms. The monoisotopic (exact) mass is 284 g/mol. The molecule has 0 bridgehead atoms. The second-order valence-electron chi connectivity index (χ2n) is 5.25. The number of hydrogen-bond acceptors (Lipinski definition) is 4. The van der Waals surface area contributed by atoms with E-state index in [2.05, 4.69) is 47.6 Å². The minimum absolute atomic E-state index is 0.560. The van der Waals surface area contributed by atoms with Gasteiger partial charge in [-0.1, -0.05) is 37.6 Å². The summed E-state index contributed by atoms with van der Waals surface area (Å²) in [6, 6.07) is 12.3. The van der Waals surface area contributed by atoms with Crippen molar-refractivity contribution in [3.63, 3.8) is 0 Å². The Morgan fingerprint density at radius 1 is 1.10 bits per heavy atom. The highest BCUT2D eigenvalue weighted by atomic mass is 14.9. The van der Waals surface area contributed by atoms with Crippen molar-refractivity contribution in [1.29, 1.82) is 0 Å². The number of nitrogens with one attached hydrogen (secondary N) is 1. The fourth-order valence-electron chi connectivity index (χ4n) is 2.22. The highest BCUT2D eigenvalue weighted by molar-refractivity contribution is 5.52. The molecule has 0 amide bonds. The van der Waals surface area contributed by atoms with E-state index in [-0.39, 0.29) is 0 Å². The second kappa shape index (κ2) is 7.64. The summed E-state index contributed by atoms with van der Waals surface area (Å²) in [6.07, 6.45) is 3.10. The molecular formula is C17H24N4. The molecule has 0 saturated carbocycles. The van der Waals surface area contributed by atoms with Crippen molar-refractivity contribution in [3.05, 3.63) is 53.2 Å². The Morgan fingerprint density at radius 2 is 1.81 bits per heavy atom. The summed E-state index contributed by atoms with van der Waals surface area (Å²) in [7, 11) is 0. The van der Waals surface area contributed by atoms with Crippen LogP contribution in [0.3, 0.4) is 0 Å². The maximum atomic E-state index is 5.90. The first-order chi connectivity index (χ1) is 10.2. The molecule has 0 aliphatic rings. The molecule has 4 heteroatoms. The average Bonchev–Trinajstić information content (AvgIpc) is 2.48. The van der Waals surface area contributed by atoms with E-state index < -0.39 is 0 Å². The molecule has 1 aromatic carbocycles. The number of pyridine rings is 1. The Bertz CT molecular complexity index is 564. The minimum Gasteiger partial charge on any atom is -0.385 e. The summed E-state index contributed by atoms with van der Waals surface area (Å²) in [5, 5.41) is 3.39. The van der Waals surface area contributed by atoms with E-state index in [4.69, 9.17) is 11.5 Å². The number of hydrogen-bond donors (Lipinski definition) is 3. The van der Waals surface area contributed by atoms with Crippen LogP contribution in [0.5, 0.6) is 0 Å². The van der Waals surface area contributed by atoms with Crippen LogP contribution in [0.1, 0.15) is 36.6 Å². The predicted molar refractivity (Wildman–Crippen MR) is 89.2 cm³/mol. The average molecular weight is 284 g/mol. The molecular weight excluding hydrogens is 260 g/mol. The van der Waals surface area contributed by atoms with Crippen LogP contribution in [0.2, 0.25) is 0 Å². The molecule has 0 aliphatic heterocycles. The summed E-state index contributed by atoms with van der Waals surface area (Å²) in [5.74, 6) is 0.560. The first-order valence-electron chi connectivity index (χ1n) is 7.49. The van der Waals surface area contributed by atoms with Crippen molar-refractivity contribution in [2.45, 2.75) is 32.7 Å². The standard InChI is InChI=1S/C17H24N4/c1-2-3-8-20-15-10-16(21-17(19)11-15)9-13-4-6-14(12-18)7-5-13/h4-7,10-11H,2-3,8-9,12,18H2,1H3,(H3,19,20,21). The van der Waals surface area contributed by atoms with Gasteiger partial charge in [0, 0.05) is 37.0 Å². The zero-order valence-corrected chi connectivity index (χ0v) is 12.6. The topological polar surface area (TPSA) is 77.0 Å². The van der Waals surface area contributed by atoms with Crippen molar-refractivity contribution in [3.8, 4) is 0 Å². The van der Waals surface area contributed by atoms with Gasteiger partial charge in [-0.2, -0.15) is 0 Å². The first kappa shape index (κ1) is 15.3. The molecule has 0 spiro atoms. The normalized spacial score (nSPS) is 10.6. The van der Waals surface area contributed by atoms with E-state index in [0.717, 1.165) is 36.3 Å². The molecule has 1 aromatic heterocycles. The number of nitrogens with two attached hydrogens (primary N) is 2. The van der Waals surface area contributed by atoms with Crippen LogP contribution < -0.4 is 16.8 Å². The van der Waals surface area contributed by atoms with Gasteiger partial charge < -0.3 is 16.8 Å².